The first-order chi connectivity index (χ1) is 11.5. The van der Waals surface area contributed by atoms with Crippen LogP contribution in [0.4, 0.5) is 5.69 Å². The molecule has 2 aromatic carbocycles. The Balaban J connectivity index is 1.90. The van der Waals surface area contributed by atoms with Crippen LogP contribution in [0.25, 0.3) is 0 Å². The van der Waals surface area contributed by atoms with E-state index in [0.717, 1.165) is 0 Å². The van der Waals surface area contributed by atoms with Gasteiger partial charge in [-0.05, 0) is 36.4 Å². The number of halogens is 1. The largest absolute Gasteiger partial charge is 0.505 e. The van der Waals surface area contributed by atoms with E-state index in [0.29, 0.717) is 10.8 Å². The molecule has 6 nitrogen and oxygen atoms in total. The van der Waals surface area contributed by atoms with Gasteiger partial charge in [-0.15, -0.1) is 0 Å². The molecule has 0 spiro atoms. The molecule has 0 saturated heterocycles. The lowest BCUT2D eigenvalue weighted by atomic mass is 10.1. The number of hydrogen-bond acceptors (Lipinski definition) is 5. The van der Waals surface area contributed by atoms with Crippen LogP contribution >= 0.6 is 11.6 Å². The third-order valence-corrected chi connectivity index (χ3v) is 3.38. The van der Waals surface area contributed by atoms with Gasteiger partial charge in [-0.3, -0.25) is 4.79 Å². The van der Waals surface area contributed by atoms with Gasteiger partial charge in [0.05, 0.1) is 25.8 Å². The monoisotopic (exact) mass is 349 g/mol. The van der Waals surface area contributed by atoms with Crippen LogP contribution in [0.15, 0.2) is 42.5 Å². The number of hydrogen-bond donors (Lipinski definition) is 2. The second-order valence-electron chi connectivity index (χ2n) is 4.79. The first kappa shape index (κ1) is 17.6. The van der Waals surface area contributed by atoms with Crippen molar-refractivity contribution in [2.24, 2.45) is 0 Å². The summed E-state index contributed by atoms with van der Waals surface area (Å²) in [6.45, 7) is 0.158. The Hall–Kier alpha value is -2.73. The summed E-state index contributed by atoms with van der Waals surface area (Å²) in [5.74, 6) is -0.782. The number of aromatic hydroxyl groups is 1. The molecule has 0 atom stereocenters. The van der Waals surface area contributed by atoms with E-state index < -0.39 is 5.97 Å². The highest BCUT2D eigenvalue weighted by Gasteiger charge is 2.15. The fraction of sp³-hybridized carbons (Fsp3) is 0.176. The van der Waals surface area contributed by atoms with E-state index in [2.05, 4.69) is 10.1 Å². The summed E-state index contributed by atoms with van der Waals surface area (Å²) in [5.41, 5.74) is 0.113. The molecule has 7 heteroatoms. The minimum absolute atomic E-state index is 0.0206. The first-order valence-corrected chi connectivity index (χ1v) is 7.47. The summed E-state index contributed by atoms with van der Waals surface area (Å²) >= 11 is 5.77. The molecular formula is C17H16ClNO5. The Morgan fingerprint density at radius 2 is 1.88 bits per heavy atom. The lowest BCUT2D eigenvalue weighted by Gasteiger charge is -2.10. The second kappa shape index (κ2) is 8.21. The molecule has 2 N–H and O–H groups in total. The molecule has 0 aliphatic heterocycles. The van der Waals surface area contributed by atoms with Crippen molar-refractivity contribution in [1.82, 2.24) is 0 Å². The van der Waals surface area contributed by atoms with Crippen LogP contribution in [0.2, 0.25) is 5.02 Å². The van der Waals surface area contributed by atoms with Crippen molar-refractivity contribution in [3.8, 4) is 11.5 Å². The van der Waals surface area contributed by atoms with Gasteiger partial charge < -0.3 is 19.9 Å². The number of methoxy groups -OCH3 is 1. The van der Waals surface area contributed by atoms with Gasteiger partial charge in [0, 0.05) is 5.02 Å². The molecular weight excluding hydrogens is 334 g/mol. The van der Waals surface area contributed by atoms with Crippen LogP contribution < -0.4 is 10.1 Å². The number of nitrogens with one attached hydrogen (secondary N) is 1. The van der Waals surface area contributed by atoms with Gasteiger partial charge in [-0.1, -0.05) is 17.7 Å². The van der Waals surface area contributed by atoms with Crippen molar-refractivity contribution in [3.63, 3.8) is 0 Å². The van der Waals surface area contributed by atoms with Gasteiger partial charge in [0.2, 0.25) is 5.91 Å². The number of para-hydroxylation sites is 1. The molecule has 0 unspecified atom stereocenters. The maximum Gasteiger partial charge on any atom is 0.341 e. The zero-order chi connectivity index (χ0) is 17.5. The Morgan fingerprint density at radius 3 is 2.54 bits per heavy atom. The predicted octanol–water partition coefficient (Wildman–Crippen LogP) is 3.24. The topological polar surface area (TPSA) is 84.9 Å². The van der Waals surface area contributed by atoms with E-state index in [1.54, 1.807) is 24.3 Å². The maximum absolute atomic E-state index is 11.9. The smallest absolute Gasteiger partial charge is 0.341 e. The van der Waals surface area contributed by atoms with Crippen LogP contribution in [0.3, 0.4) is 0 Å². The average molecular weight is 350 g/mol. The summed E-state index contributed by atoms with van der Waals surface area (Å²) in [7, 11) is 1.21. The summed E-state index contributed by atoms with van der Waals surface area (Å²) in [4.78, 5) is 23.4. The summed E-state index contributed by atoms with van der Waals surface area (Å²) < 4.78 is 9.98. The maximum atomic E-state index is 11.9. The molecule has 1 amide bonds. The Bertz CT molecular complexity index is 730. The van der Waals surface area contributed by atoms with Crippen molar-refractivity contribution in [2.45, 2.75) is 6.42 Å². The van der Waals surface area contributed by atoms with Gasteiger partial charge in [0.1, 0.15) is 11.3 Å². The number of rotatable bonds is 6. The van der Waals surface area contributed by atoms with Crippen LogP contribution in [-0.4, -0.2) is 30.7 Å². The van der Waals surface area contributed by atoms with Crippen LogP contribution in [-0.2, 0) is 9.53 Å². The summed E-state index contributed by atoms with van der Waals surface area (Å²) in [6.07, 6.45) is 0.0739. The number of benzene rings is 2. The molecule has 24 heavy (non-hydrogen) atoms. The van der Waals surface area contributed by atoms with Crippen LogP contribution in [0.1, 0.15) is 16.8 Å². The zero-order valence-corrected chi connectivity index (χ0v) is 13.7. The third kappa shape index (κ3) is 4.63. The van der Waals surface area contributed by atoms with Gasteiger partial charge >= 0.3 is 5.97 Å². The standard InChI is InChI=1S/C17H16ClNO5/c1-23-17(22)13-3-2-4-14(16(13)21)19-15(20)9-10-24-12-7-5-11(18)6-8-12/h2-8,21H,9-10H2,1H3,(H,19,20). The van der Waals surface area contributed by atoms with Crippen molar-refractivity contribution in [2.75, 3.05) is 19.0 Å². The van der Waals surface area contributed by atoms with E-state index in [1.807, 2.05) is 0 Å². The Labute approximate surface area is 144 Å². The minimum atomic E-state index is -0.685. The summed E-state index contributed by atoms with van der Waals surface area (Å²) in [5, 5.41) is 13.1. The highest BCUT2D eigenvalue weighted by molar-refractivity contribution is 6.30. The zero-order valence-electron chi connectivity index (χ0n) is 12.9. The van der Waals surface area contributed by atoms with Crippen molar-refractivity contribution in [1.29, 1.82) is 0 Å². The quantitative estimate of drug-likeness (QED) is 0.617. The van der Waals surface area contributed by atoms with E-state index in [4.69, 9.17) is 16.3 Å². The first-order valence-electron chi connectivity index (χ1n) is 7.09. The molecule has 0 heterocycles. The molecule has 0 saturated carbocycles. The van der Waals surface area contributed by atoms with Crippen LogP contribution in [0, 0.1) is 0 Å². The number of phenols is 1. The molecule has 0 aliphatic rings. The molecule has 0 fully saturated rings. The highest BCUT2D eigenvalue weighted by Crippen LogP contribution is 2.28. The fourth-order valence-electron chi connectivity index (χ4n) is 1.92. The molecule has 126 valence electrons. The molecule has 0 aliphatic carbocycles. The van der Waals surface area contributed by atoms with Gasteiger partial charge in [-0.2, -0.15) is 0 Å². The van der Waals surface area contributed by atoms with Gasteiger partial charge in [0.15, 0.2) is 5.75 Å². The third-order valence-electron chi connectivity index (χ3n) is 3.13. The van der Waals surface area contributed by atoms with E-state index >= 15 is 0 Å². The Morgan fingerprint density at radius 1 is 1.17 bits per heavy atom. The number of carbonyl (C=O) groups excluding carboxylic acids is 2. The number of ether oxygens (including phenoxy) is 2. The highest BCUT2D eigenvalue weighted by atomic mass is 35.5. The normalized spacial score (nSPS) is 10.1. The van der Waals surface area contributed by atoms with E-state index in [-0.39, 0.29) is 35.9 Å². The molecule has 0 radical (unpaired) electrons. The number of phenolic OH excluding ortho intramolecular Hbond substituents is 1. The van der Waals surface area contributed by atoms with Gasteiger partial charge in [0.25, 0.3) is 0 Å². The lowest BCUT2D eigenvalue weighted by molar-refractivity contribution is -0.116. The Kier molecular flexibility index (Phi) is 6.03. The van der Waals surface area contributed by atoms with E-state index in [1.165, 1.54) is 25.3 Å². The molecule has 0 aromatic heterocycles. The molecule has 0 bridgehead atoms. The lowest BCUT2D eigenvalue weighted by Crippen LogP contribution is -2.16. The second-order valence-corrected chi connectivity index (χ2v) is 5.23. The number of esters is 1. The predicted molar refractivity (Wildman–Crippen MR) is 89.6 cm³/mol. The van der Waals surface area contributed by atoms with Crippen molar-refractivity contribution >= 4 is 29.2 Å². The number of carbonyl (C=O) groups is 2. The fourth-order valence-corrected chi connectivity index (χ4v) is 2.05. The van der Waals surface area contributed by atoms with Gasteiger partial charge in [-0.25, -0.2) is 4.79 Å². The number of anilines is 1. The number of amides is 1. The molecule has 2 rings (SSSR count). The minimum Gasteiger partial charge on any atom is -0.505 e. The summed E-state index contributed by atoms with van der Waals surface area (Å²) in [6, 6.07) is 11.2. The van der Waals surface area contributed by atoms with Crippen molar-refractivity contribution < 1.29 is 24.2 Å². The molecule has 2 aromatic rings. The van der Waals surface area contributed by atoms with Crippen LogP contribution in [0.5, 0.6) is 11.5 Å². The van der Waals surface area contributed by atoms with Crippen molar-refractivity contribution in [3.05, 3.63) is 53.1 Å². The SMILES string of the molecule is COC(=O)c1cccc(NC(=O)CCOc2ccc(Cl)cc2)c1O. The van der Waals surface area contributed by atoms with E-state index in [9.17, 15) is 14.7 Å². The average Bonchev–Trinajstić information content (AvgIpc) is 2.58.